The summed E-state index contributed by atoms with van der Waals surface area (Å²) < 4.78 is 7.80. The molecule has 0 bridgehead atoms. The van der Waals surface area contributed by atoms with Crippen LogP contribution in [0.15, 0.2) is 77.3 Å². The first kappa shape index (κ1) is 23.0. The minimum atomic E-state index is -0.210. The van der Waals surface area contributed by atoms with Crippen molar-refractivity contribution < 1.29 is 4.74 Å². The molecule has 0 N–H and O–H groups in total. The van der Waals surface area contributed by atoms with Gasteiger partial charge in [-0.1, -0.05) is 35.5 Å². The highest BCUT2D eigenvalue weighted by Gasteiger charge is 2.09. The molecule has 0 saturated heterocycles. The van der Waals surface area contributed by atoms with Crippen molar-refractivity contribution in [1.29, 1.82) is 0 Å². The Hall–Kier alpha value is -3.16. The molecule has 0 radical (unpaired) electrons. The first-order chi connectivity index (χ1) is 16.0. The lowest BCUT2D eigenvalue weighted by Crippen LogP contribution is -2.18. The Morgan fingerprint density at radius 3 is 2.48 bits per heavy atom. The third-order valence-electron chi connectivity index (χ3n) is 5.04. The van der Waals surface area contributed by atoms with Gasteiger partial charge in [0.1, 0.15) is 17.8 Å². The van der Waals surface area contributed by atoms with Crippen molar-refractivity contribution in [3.8, 4) is 11.5 Å². The van der Waals surface area contributed by atoms with Crippen LogP contribution in [0.2, 0.25) is 5.02 Å². The first-order valence-electron chi connectivity index (χ1n) is 10.4. The molecule has 2 aromatic carbocycles. The minimum absolute atomic E-state index is 0.210. The van der Waals surface area contributed by atoms with Crippen LogP contribution >= 0.6 is 23.4 Å². The fraction of sp³-hybridized carbons (Fsp3) is 0.200. The van der Waals surface area contributed by atoms with Crippen LogP contribution in [0.25, 0.3) is 0 Å². The first-order valence-corrected chi connectivity index (χ1v) is 11.8. The number of hydrogen-bond acceptors (Lipinski definition) is 6. The van der Waals surface area contributed by atoms with Crippen molar-refractivity contribution in [3.63, 3.8) is 0 Å². The highest BCUT2D eigenvalue weighted by molar-refractivity contribution is 7.99. The zero-order valence-corrected chi connectivity index (χ0v) is 19.9. The van der Waals surface area contributed by atoms with Crippen molar-refractivity contribution in [3.05, 3.63) is 105 Å². The molecule has 4 aromatic rings. The van der Waals surface area contributed by atoms with Crippen LogP contribution in [0.4, 0.5) is 0 Å². The zero-order valence-electron chi connectivity index (χ0n) is 18.4. The standard InChI is InChI=1S/C25H23ClN4O2S/c1-17-11-22(7-8-23(17)26)32-21-5-3-18(4-6-21)9-10-33-25-29-24(31)20(15-30(25)2)12-19-13-27-16-28-14-19/h3-8,11,13-16H,9-10,12H2,1-2H3. The van der Waals surface area contributed by atoms with Crippen LogP contribution in [-0.4, -0.2) is 25.3 Å². The highest BCUT2D eigenvalue weighted by atomic mass is 35.5. The molecule has 0 unspecified atom stereocenters. The number of aryl methyl sites for hydroxylation is 3. The number of aromatic nitrogens is 4. The van der Waals surface area contributed by atoms with Gasteiger partial charge in [0.15, 0.2) is 5.16 Å². The molecular formula is C25H23ClN4O2S. The lowest BCUT2D eigenvalue weighted by atomic mass is 10.1. The molecule has 2 heterocycles. The van der Waals surface area contributed by atoms with E-state index in [1.807, 2.05) is 55.1 Å². The average molecular weight is 479 g/mol. The maximum Gasteiger partial charge on any atom is 0.277 e. The van der Waals surface area contributed by atoms with Gasteiger partial charge in [-0.15, -0.1) is 0 Å². The quantitative estimate of drug-likeness (QED) is 0.254. The maximum atomic E-state index is 12.5. The number of nitrogens with zero attached hydrogens (tertiary/aromatic N) is 4. The van der Waals surface area contributed by atoms with Crippen molar-refractivity contribution in [2.45, 2.75) is 24.9 Å². The number of halogens is 1. The van der Waals surface area contributed by atoms with Crippen LogP contribution in [0.5, 0.6) is 11.5 Å². The van der Waals surface area contributed by atoms with Gasteiger partial charge in [-0.25, -0.2) is 9.97 Å². The molecule has 0 aliphatic heterocycles. The molecule has 6 nitrogen and oxygen atoms in total. The lowest BCUT2D eigenvalue weighted by Gasteiger charge is -2.10. The Bertz CT molecular complexity index is 1290. The predicted octanol–water partition coefficient (Wildman–Crippen LogP) is 5.25. The molecule has 0 saturated carbocycles. The van der Waals surface area contributed by atoms with Gasteiger partial charge in [-0.2, -0.15) is 4.98 Å². The van der Waals surface area contributed by atoms with Crippen molar-refractivity contribution in [2.75, 3.05) is 5.75 Å². The Morgan fingerprint density at radius 2 is 1.76 bits per heavy atom. The third kappa shape index (κ3) is 6.21. The minimum Gasteiger partial charge on any atom is -0.457 e. The third-order valence-corrected chi connectivity index (χ3v) is 6.51. The van der Waals surface area contributed by atoms with Crippen LogP contribution in [0, 0.1) is 6.92 Å². The van der Waals surface area contributed by atoms with E-state index in [2.05, 4.69) is 27.1 Å². The van der Waals surface area contributed by atoms with E-state index in [9.17, 15) is 4.79 Å². The highest BCUT2D eigenvalue weighted by Crippen LogP contribution is 2.26. The number of rotatable bonds is 8. The fourth-order valence-corrected chi connectivity index (χ4v) is 4.32. The van der Waals surface area contributed by atoms with E-state index in [4.69, 9.17) is 16.3 Å². The smallest absolute Gasteiger partial charge is 0.277 e. The summed E-state index contributed by atoms with van der Waals surface area (Å²) in [6.45, 7) is 1.95. The Kier molecular flexibility index (Phi) is 7.42. The molecule has 0 fully saturated rings. The summed E-state index contributed by atoms with van der Waals surface area (Å²) >= 11 is 7.63. The molecule has 33 heavy (non-hydrogen) atoms. The normalized spacial score (nSPS) is 10.9. The van der Waals surface area contributed by atoms with Crippen molar-refractivity contribution >= 4 is 23.4 Å². The largest absolute Gasteiger partial charge is 0.457 e. The van der Waals surface area contributed by atoms with E-state index in [-0.39, 0.29) is 5.56 Å². The van der Waals surface area contributed by atoms with Crippen molar-refractivity contribution in [1.82, 2.24) is 19.5 Å². The second kappa shape index (κ2) is 10.6. The SMILES string of the molecule is Cc1cc(Oc2ccc(CCSc3nc(=O)c(Cc4cncnc4)cn3C)cc2)ccc1Cl. The molecule has 0 aliphatic rings. The molecule has 0 aliphatic carbocycles. The topological polar surface area (TPSA) is 69.9 Å². The molecule has 4 rings (SSSR count). The van der Waals surface area contributed by atoms with Crippen LogP contribution in [-0.2, 0) is 19.9 Å². The summed E-state index contributed by atoms with van der Waals surface area (Å²) in [7, 11) is 1.91. The van der Waals surface area contributed by atoms with Gasteiger partial charge < -0.3 is 9.30 Å². The summed E-state index contributed by atoms with van der Waals surface area (Å²) in [5.74, 6) is 2.34. The van der Waals surface area contributed by atoms with Crippen LogP contribution in [0.1, 0.15) is 22.3 Å². The molecule has 0 amide bonds. The summed E-state index contributed by atoms with van der Waals surface area (Å²) in [5.41, 5.74) is 3.47. The molecule has 168 valence electrons. The molecular weight excluding hydrogens is 456 g/mol. The molecule has 0 atom stereocenters. The summed E-state index contributed by atoms with van der Waals surface area (Å²) in [4.78, 5) is 24.7. The lowest BCUT2D eigenvalue weighted by molar-refractivity contribution is 0.482. The van der Waals surface area contributed by atoms with Gasteiger partial charge in [0, 0.05) is 48.4 Å². The Balaban J connectivity index is 1.33. The van der Waals surface area contributed by atoms with Gasteiger partial charge in [0.05, 0.1) is 0 Å². The van der Waals surface area contributed by atoms with E-state index in [1.165, 1.54) is 11.9 Å². The van der Waals surface area contributed by atoms with Crippen LogP contribution in [0.3, 0.4) is 0 Å². The predicted molar refractivity (Wildman–Crippen MR) is 131 cm³/mol. The molecule has 2 aromatic heterocycles. The summed E-state index contributed by atoms with van der Waals surface area (Å²) in [5, 5.41) is 1.42. The van der Waals surface area contributed by atoms with E-state index >= 15 is 0 Å². The van der Waals surface area contributed by atoms with Gasteiger partial charge in [-0.05, 0) is 60.4 Å². The zero-order chi connectivity index (χ0) is 23.2. The van der Waals surface area contributed by atoms with Gasteiger partial charge in [0.25, 0.3) is 5.56 Å². The monoisotopic (exact) mass is 478 g/mol. The summed E-state index contributed by atoms with van der Waals surface area (Å²) in [6, 6.07) is 13.6. The number of ether oxygens (including phenoxy) is 1. The average Bonchev–Trinajstić information content (AvgIpc) is 2.81. The Labute approximate surface area is 201 Å². The number of hydrogen-bond donors (Lipinski definition) is 0. The van der Waals surface area contributed by atoms with Gasteiger partial charge in [0.2, 0.25) is 0 Å². The van der Waals surface area contributed by atoms with E-state index in [1.54, 1.807) is 24.2 Å². The van der Waals surface area contributed by atoms with E-state index in [0.717, 1.165) is 39.8 Å². The molecule has 0 spiro atoms. The number of benzene rings is 2. The second-order valence-electron chi connectivity index (χ2n) is 7.64. The Morgan fingerprint density at radius 1 is 1.03 bits per heavy atom. The van der Waals surface area contributed by atoms with Crippen molar-refractivity contribution in [2.24, 2.45) is 7.05 Å². The van der Waals surface area contributed by atoms with Gasteiger partial charge >= 0.3 is 0 Å². The molecule has 8 heteroatoms. The maximum absolute atomic E-state index is 12.5. The second-order valence-corrected chi connectivity index (χ2v) is 9.11. The van der Waals surface area contributed by atoms with Crippen LogP contribution < -0.4 is 10.3 Å². The van der Waals surface area contributed by atoms with E-state index in [0.29, 0.717) is 17.1 Å². The summed E-state index contributed by atoms with van der Waals surface area (Å²) in [6.07, 6.45) is 8.05. The van der Waals surface area contributed by atoms with E-state index < -0.39 is 0 Å². The number of thioether (sulfide) groups is 1. The van der Waals surface area contributed by atoms with Gasteiger partial charge in [-0.3, -0.25) is 4.79 Å². The fourth-order valence-electron chi connectivity index (χ4n) is 3.28.